The van der Waals surface area contributed by atoms with Gasteiger partial charge in [0.2, 0.25) is 5.91 Å². The smallest absolute Gasteiger partial charge is 0.263 e. The van der Waals surface area contributed by atoms with Gasteiger partial charge in [0.25, 0.3) is 5.56 Å². The lowest BCUT2D eigenvalue weighted by molar-refractivity contribution is -0.121. The van der Waals surface area contributed by atoms with Gasteiger partial charge in [-0.2, -0.15) is 0 Å². The fraction of sp³-hybridized carbons (Fsp3) is 0.500. The summed E-state index contributed by atoms with van der Waals surface area (Å²) in [5.74, 6) is 0.436. The number of hydrogen-bond donors (Lipinski definition) is 1. The minimum absolute atomic E-state index is 0.00336. The lowest BCUT2D eigenvalue weighted by Gasteiger charge is -2.21. The first-order valence-electron chi connectivity index (χ1n) is 7.81. The van der Waals surface area contributed by atoms with Crippen molar-refractivity contribution >= 4 is 16.9 Å². The number of carbonyl (C=O) groups excluding carboxylic acids is 1. The van der Waals surface area contributed by atoms with Crippen LogP contribution in [0.25, 0.3) is 11.0 Å². The summed E-state index contributed by atoms with van der Waals surface area (Å²) in [4.78, 5) is 32.5. The fourth-order valence-corrected chi connectivity index (χ4v) is 2.97. The molecule has 0 aliphatic heterocycles. The van der Waals surface area contributed by atoms with Crippen LogP contribution in [0.15, 0.2) is 29.5 Å². The number of nitrogens with zero attached hydrogens (tertiary/aromatic N) is 3. The number of hydrogen-bond acceptors (Lipinski definition) is 4. The maximum absolute atomic E-state index is 12.3. The molecule has 1 amide bonds. The van der Waals surface area contributed by atoms with Gasteiger partial charge in [0.1, 0.15) is 12.9 Å². The highest BCUT2D eigenvalue weighted by Gasteiger charge is 2.15. The molecule has 0 spiro atoms. The number of rotatable bonds is 4. The summed E-state index contributed by atoms with van der Waals surface area (Å²) in [6, 6.07) is 3.37. The van der Waals surface area contributed by atoms with Crippen LogP contribution in [0.5, 0.6) is 0 Å². The summed E-state index contributed by atoms with van der Waals surface area (Å²) in [5.41, 5.74) is 0.178. The average molecular weight is 300 g/mol. The van der Waals surface area contributed by atoms with Crippen LogP contribution < -0.4 is 10.9 Å². The zero-order valence-corrected chi connectivity index (χ0v) is 12.5. The second-order valence-corrected chi connectivity index (χ2v) is 5.86. The number of carbonyl (C=O) groups is 1. The first-order chi connectivity index (χ1) is 10.7. The van der Waals surface area contributed by atoms with Crippen molar-refractivity contribution < 1.29 is 4.79 Å². The second-order valence-electron chi connectivity index (χ2n) is 5.86. The molecule has 0 atom stereocenters. The Morgan fingerprint density at radius 1 is 1.27 bits per heavy atom. The van der Waals surface area contributed by atoms with Crippen molar-refractivity contribution in [2.75, 3.05) is 6.54 Å². The minimum Gasteiger partial charge on any atom is -0.354 e. The quantitative estimate of drug-likeness (QED) is 0.928. The van der Waals surface area contributed by atoms with Crippen molar-refractivity contribution in [1.82, 2.24) is 19.9 Å². The van der Waals surface area contributed by atoms with E-state index < -0.39 is 0 Å². The van der Waals surface area contributed by atoms with Gasteiger partial charge in [-0.15, -0.1) is 0 Å². The highest BCUT2D eigenvalue weighted by atomic mass is 16.2. The van der Waals surface area contributed by atoms with E-state index in [1.165, 1.54) is 43.0 Å². The van der Waals surface area contributed by atoms with Gasteiger partial charge in [-0.3, -0.25) is 14.2 Å². The van der Waals surface area contributed by atoms with Gasteiger partial charge in [0.15, 0.2) is 5.65 Å². The van der Waals surface area contributed by atoms with Crippen LogP contribution in [-0.4, -0.2) is 27.0 Å². The highest BCUT2D eigenvalue weighted by molar-refractivity contribution is 5.77. The van der Waals surface area contributed by atoms with Crippen molar-refractivity contribution in [2.45, 2.75) is 38.6 Å². The van der Waals surface area contributed by atoms with Gasteiger partial charge in [-0.1, -0.05) is 19.3 Å². The zero-order chi connectivity index (χ0) is 15.4. The van der Waals surface area contributed by atoms with E-state index in [1.807, 2.05) is 0 Å². The highest BCUT2D eigenvalue weighted by Crippen LogP contribution is 2.22. The van der Waals surface area contributed by atoms with E-state index in [0.717, 1.165) is 0 Å². The van der Waals surface area contributed by atoms with E-state index in [9.17, 15) is 9.59 Å². The Balaban J connectivity index is 1.63. The Hall–Kier alpha value is -2.24. The molecule has 1 aliphatic carbocycles. The third-order valence-corrected chi connectivity index (χ3v) is 4.22. The maximum Gasteiger partial charge on any atom is 0.263 e. The van der Waals surface area contributed by atoms with E-state index in [-0.39, 0.29) is 18.0 Å². The lowest BCUT2D eigenvalue weighted by atomic mass is 9.89. The maximum atomic E-state index is 12.3. The number of nitrogens with one attached hydrogen (secondary N) is 1. The molecule has 2 aromatic rings. The van der Waals surface area contributed by atoms with Gasteiger partial charge in [-0.05, 0) is 30.9 Å². The van der Waals surface area contributed by atoms with Crippen LogP contribution in [0.2, 0.25) is 0 Å². The Morgan fingerprint density at radius 3 is 2.91 bits per heavy atom. The largest absolute Gasteiger partial charge is 0.354 e. The van der Waals surface area contributed by atoms with Crippen molar-refractivity contribution in [2.24, 2.45) is 5.92 Å². The van der Waals surface area contributed by atoms with Crippen LogP contribution in [0.4, 0.5) is 0 Å². The molecule has 1 N–H and O–H groups in total. The second kappa shape index (κ2) is 6.68. The Labute approximate surface area is 128 Å². The van der Waals surface area contributed by atoms with Gasteiger partial charge >= 0.3 is 0 Å². The van der Waals surface area contributed by atoms with Crippen LogP contribution in [0, 0.1) is 5.92 Å². The van der Waals surface area contributed by atoms with Gasteiger partial charge in [0, 0.05) is 12.7 Å². The summed E-state index contributed by atoms with van der Waals surface area (Å²) in [6.07, 6.45) is 9.15. The fourth-order valence-electron chi connectivity index (χ4n) is 2.97. The van der Waals surface area contributed by atoms with E-state index in [2.05, 4.69) is 15.3 Å². The Morgan fingerprint density at radius 2 is 2.09 bits per heavy atom. The van der Waals surface area contributed by atoms with Crippen LogP contribution >= 0.6 is 0 Å². The molecule has 0 bridgehead atoms. The molecule has 3 rings (SSSR count). The molecule has 1 saturated carbocycles. The average Bonchev–Trinajstić information content (AvgIpc) is 2.57. The SMILES string of the molecule is O=C(Cn1cnc2ncccc2c1=O)NCC1CCCCC1. The molecule has 2 aromatic heterocycles. The molecule has 1 aliphatic rings. The lowest BCUT2D eigenvalue weighted by Crippen LogP contribution is -2.35. The van der Waals surface area contributed by atoms with Crippen molar-refractivity contribution in [3.05, 3.63) is 35.0 Å². The molecular formula is C16H20N4O2. The molecule has 1 fully saturated rings. The Bertz CT molecular complexity index is 719. The van der Waals surface area contributed by atoms with Gasteiger partial charge in [-0.25, -0.2) is 9.97 Å². The molecule has 6 heteroatoms. The summed E-state index contributed by atoms with van der Waals surface area (Å²) in [7, 11) is 0. The van der Waals surface area contributed by atoms with E-state index >= 15 is 0 Å². The monoisotopic (exact) mass is 300 g/mol. The van der Waals surface area contributed by atoms with Crippen LogP contribution in [0.3, 0.4) is 0 Å². The molecule has 116 valence electrons. The van der Waals surface area contributed by atoms with E-state index in [4.69, 9.17) is 0 Å². The molecular weight excluding hydrogens is 280 g/mol. The van der Waals surface area contributed by atoms with Crippen LogP contribution in [0.1, 0.15) is 32.1 Å². The van der Waals surface area contributed by atoms with Crippen LogP contribution in [-0.2, 0) is 11.3 Å². The summed E-state index contributed by atoms with van der Waals surface area (Å²) in [5, 5.41) is 3.37. The van der Waals surface area contributed by atoms with Gasteiger partial charge in [0.05, 0.1) is 5.39 Å². The third-order valence-electron chi connectivity index (χ3n) is 4.22. The molecule has 0 aromatic carbocycles. The molecule has 0 unspecified atom stereocenters. The van der Waals surface area contributed by atoms with Crippen molar-refractivity contribution in [1.29, 1.82) is 0 Å². The molecule has 6 nitrogen and oxygen atoms in total. The zero-order valence-electron chi connectivity index (χ0n) is 12.5. The molecule has 0 radical (unpaired) electrons. The number of aromatic nitrogens is 3. The number of pyridine rings is 1. The first-order valence-corrected chi connectivity index (χ1v) is 7.81. The first kappa shape index (κ1) is 14.7. The van der Waals surface area contributed by atoms with E-state index in [1.54, 1.807) is 18.3 Å². The molecule has 22 heavy (non-hydrogen) atoms. The standard InChI is InChI=1S/C16H20N4O2/c21-14(18-9-12-5-2-1-3-6-12)10-20-11-19-15-13(16(20)22)7-4-8-17-15/h4,7-8,11-12H,1-3,5-6,9-10H2,(H,18,21). The third kappa shape index (κ3) is 3.32. The summed E-state index contributed by atoms with van der Waals surface area (Å²) in [6.45, 7) is 0.708. The normalized spacial score (nSPS) is 15.8. The van der Waals surface area contributed by atoms with Crippen molar-refractivity contribution in [3.63, 3.8) is 0 Å². The minimum atomic E-state index is -0.231. The van der Waals surface area contributed by atoms with Gasteiger partial charge < -0.3 is 5.32 Å². The number of amides is 1. The Kier molecular flexibility index (Phi) is 4.46. The van der Waals surface area contributed by atoms with E-state index in [0.29, 0.717) is 23.5 Å². The van der Waals surface area contributed by atoms with Crippen molar-refractivity contribution in [3.8, 4) is 0 Å². The number of fused-ring (bicyclic) bond motifs is 1. The predicted molar refractivity (Wildman–Crippen MR) is 83.4 cm³/mol. The molecule has 0 saturated heterocycles. The topological polar surface area (TPSA) is 76.9 Å². The predicted octanol–water partition coefficient (Wildman–Crippen LogP) is 1.49. The molecule has 2 heterocycles. The summed E-state index contributed by atoms with van der Waals surface area (Å²) < 4.78 is 1.33. The summed E-state index contributed by atoms with van der Waals surface area (Å²) >= 11 is 0.